The third-order valence-electron chi connectivity index (χ3n) is 4.49. The second-order valence-electron chi connectivity index (χ2n) is 6.42. The average Bonchev–Trinajstić information content (AvgIpc) is 2.69. The van der Waals surface area contributed by atoms with E-state index in [2.05, 4.69) is 0 Å². The first-order valence-electron chi connectivity index (χ1n) is 8.78. The molecule has 1 saturated heterocycles. The smallest absolute Gasteiger partial charge is 0.255 e. The maximum atomic E-state index is 13.2. The Kier molecular flexibility index (Phi) is 7.21. The Bertz CT molecular complexity index is 856. The van der Waals surface area contributed by atoms with E-state index in [0.717, 1.165) is 17.4 Å². The predicted molar refractivity (Wildman–Crippen MR) is 112 cm³/mol. The van der Waals surface area contributed by atoms with Crippen molar-refractivity contribution in [2.24, 2.45) is 0 Å². The second-order valence-corrected chi connectivity index (χ2v) is 8.25. The molecule has 0 aromatic heterocycles. The van der Waals surface area contributed by atoms with Crippen LogP contribution >= 0.6 is 35.0 Å². The molecule has 0 spiro atoms. The highest BCUT2D eigenvalue weighted by Gasteiger charge is 2.25. The topological polar surface area (TPSA) is 40.6 Å². The van der Waals surface area contributed by atoms with Gasteiger partial charge in [-0.05, 0) is 35.9 Å². The SMILES string of the molecule is O=C(CSCc1ccc(Cl)cc1)N1CCN(C(=O)c2ccc(F)cc2Cl)CC1. The third-order valence-corrected chi connectivity index (χ3v) is 6.04. The van der Waals surface area contributed by atoms with Gasteiger partial charge in [-0.15, -0.1) is 11.8 Å². The Labute approximate surface area is 177 Å². The Hall–Kier alpha value is -1.76. The van der Waals surface area contributed by atoms with E-state index in [1.54, 1.807) is 21.6 Å². The van der Waals surface area contributed by atoms with Crippen LogP contribution in [0.1, 0.15) is 15.9 Å². The summed E-state index contributed by atoms with van der Waals surface area (Å²) in [6.45, 7) is 1.82. The molecule has 0 unspecified atom stereocenters. The Morgan fingerprint density at radius 3 is 2.25 bits per heavy atom. The van der Waals surface area contributed by atoms with Crippen LogP contribution in [0.5, 0.6) is 0 Å². The third kappa shape index (κ3) is 5.40. The summed E-state index contributed by atoms with van der Waals surface area (Å²) in [7, 11) is 0. The highest BCUT2D eigenvalue weighted by molar-refractivity contribution is 7.99. The molecule has 1 aliphatic heterocycles. The van der Waals surface area contributed by atoms with Gasteiger partial charge in [-0.25, -0.2) is 4.39 Å². The van der Waals surface area contributed by atoms with Crippen LogP contribution in [0, 0.1) is 5.82 Å². The van der Waals surface area contributed by atoms with Crippen molar-refractivity contribution >= 4 is 46.8 Å². The lowest BCUT2D eigenvalue weighted by Gasteiger charge is -2.35. The van der Waals surface area contributed by atoms with E-state index in [1.165, 1.54) is 12.1 Å². The van der Waals surface area contributed by atoms with Crippen LogP contribution in [0.2, 0.25) is 10.0 Å². The molecule has 2 aromatic rings. The van der Waals surface area contributed by atoms with E-state index in [-0.39, 0.29) is 22.4 Å². The molecule has 1 aliphatic rings. The Balaban J connectivity index is 1.45. The quantitative estimate of drug-likeness (QED) is 0.693. The standard InChI is InChI=1S/C20H19Cl2FN2O2S/c21-15-3-1-14(2-4-15)12-28-13-19(26)24-7-9-25(10-8-24)20(27)17-6-5-16(23)11-18(17)22/h1-6,11H,7-10,12-13H2. The first-order valence-corrected chi connectivity index (χ1v) is 10.7. The number of piperazine rings is 1. The number of benzene rings is 2. The Morgan fingerprint density at radius 2 is 1.61 bits per heavy atom. The zero-order chi connectivity index (χ0) is 20.1. The van der Waals surface area contributed by atoms with Gasteiger partial charge in [0.2, 0.25) is 5.91 Å². The fraction of sp³-hybridized carbons (Fsp3) is 0.300. The van der Waals surface area contributed by atoms with Gasteiger partial charge in [-0.1, -0.05) is 35.3 Å². The van der Waals surface area contributed by atoms with Gasteiger partial charge in [0.05, 0.1) is 16.3 Å². The number of hydrogen-bond donors (Lipinski definition) is 0. The van der Waals surface area contributed by atoms with Crippen molar-refractivity contribution in [3.8, 4) is 0 Å². The van der Waals surface area contributed by atoms with Crippen LogP contribution in [0.25, 0.3) is 0 Å². The molecule has 148 valence electrons. The number of amides is 2. The molecule has 0 aliphatic carbocycles. The molecule has 4 nitrogen and oxygen atoms in total. The largest absolute Gasteiger partial charge is 0.338 e. The van der Waals surface area contributed by atoms with E-state index in [9.17, 15) is 14.0 Å². The van der Waals surface area contributed by atoms with Crippen LogP contribution in [0.3, 0.4) is 0 Å². The zero-order valence-electron chi connectivity index (χ0n) is 15.0. The number of carbonyl (C=O) groups excluding carboxylic acids is 2. The molecule has 8 heteroatoms. The van der Waals surface area contributed by atoms with Gasteiger partial charge in [0.15, 0.2) is 0 Å². The molecule has 0 radical (unpaired) electrons. The van der Waals surface area contributed by atoms with E-state index >= 15 is 0 Å². The van der Waals surface area contributed by atoms with Gasteiger partial charge in [0.1, 0.15) is 5.82 Å². The molecular weight excluding hydrogens is 422 g/mol. The lowest BCUT2D eigenvalue weighted by molar-refractivity contribution is -0.129. The summed E-state index contributed by atoms with van der Waals surface area (Å²) in [5.41, 5.74) is 1.40. The molecule has 0 saturated carbocycles. The highest BCUT2D eigenvalue weighted by atomic mass is 35.5. The van der Waals surface area contributed by atoms with E-state index in [0.29, 0.717) is 37.0 Å². The molecule has 2 aromatic carbocycles. The van der Waals surface area contributed by atoms with Gasteiger partial charge in [0.25, 0.3) is 5.91 Å². The summed E-state index contributed by atoms with van der Waals surface area (Å²) < 4.78 is 13.2. The molecule has 28 heavy (non-hydrogen) atoms. The highest BCUT2D eigenvalue weighted by Crippen LogP contribution is 2.20. The van der Waals surface area contributed by atoms with Gasteiger partial charge in [0, 0.05) is 37.0 Å². The van der Waals surface area contributed by atoms with Crippen molar-refractivity contribution in [3.63, 3.8) is 0 Å². The van der Waals surface area contributed by atoms with Crippen molar-refractivity contribution in [1.29, 1.82) is 0 Å². The first-order chi connectivity index (χ1) is 13.4. The molecular formula is C20H19Cl2FN2O2S. The monoisotopic (exact) mass is 440 g/mol. The van der Waals surface area contributed by atoms with Crippen LogP contribution in [-0.2, 0) is 10.5 Å². The van der Waals surface area contributed by atoms with Gasteiger partial charge >= 0.3 is 0 Å². The van der Waals surface area contributed by atoms with Gasteiger partial charge in [-0.3, -0.25) is 9.59 Å². The summed E-state index contributed by atoms with van der Waals surface area (Å²) in [5, 5.41) is 0.793. The fourth-order valence-corrected chi connectivity index (χ4v) is 4.18. The molecule has 1 fully saturated rings. The minimum atomic E-state index is -0.479. The van der Waals surface area contributed by atoms with Crippen molar-refractivity contribution in [2.75, 3.05) is 31.9 Å². The minimum Gasteiger partial charge on any atom is -0.338 e. The second kappa shape index (κ2) is 9.63. The number of hydrogen-bond acceptors (Lipinski definition) is 3. The van der Waals surface area contributed by atoms with Gasteiger partial charge in [-0.2, -0.15) is 0 Å². The number of thioether (sulfide) groups is 1. The molecule has 3 rings (SSSR count). The Morgan fingerprint density at radius 1 is 0.964 bits per heavy atom. The minimum absolute atomic E-state index is 0.0610. The molecule has 0 N–H and O–H groups in total. The van der Waals surface area contributed by atoms with Crippen molar-refractivity contribution in [2.45, 2.75) is 5.75 Å². The number of halogens is 3. The molecule has 0 atom stereocenters. The van der Waals surface area contributed by atoms with Crippen molar-refractivity contribution in [3.05, 3.63) is 69.5 Å². The molecule has 2 amide bonds. The number of rotatable bonds is 5. The summed E-state index contributed by atoms with van der Waals surface area (Å²) in [6.07, 6.45) is 0. The summed E-state index contributed by atoms with van der Waals surface area (Å²) in [6, 6.07) is 11.3. The lowest BCUT2D eigenvalue weighted by atomic mass is 10.1. The first kappa shape index (κ1) is 21.0. The predicted octanol–water partition coefficient (Wildman–Crippen LogP) is 4.35. The fourth-order valence-electron chi connectivity index (χ4n) is 2.92. The summed E-state index contributed by atoms with van der Waals surface area (Å²) in [4.78, 5) is 28.4. The molecule has 0 bridgehead atoms. The number of carbonyl (C=O) groups is 2. The zero-order valence-corrected chi connectivity index (χ0v) is 17.4. The van der Waals surface area contributed by atoms with E-state index < -0.39 is 5.82 Å². The van der Waals surface area contributed by atoms with Crippen LogP contribution < -0.4 is 0 Å². The maximum Gasteiger partial charge on any atom is 0.255 e. The molecule has 1 heterocycles. The van der Waals surface area contributed by atoms with E-state index in [4.69, 9.17) is 23.2 Å². The summed E-state index contributed by atoms with van der Waals surface area (Å²) >= 11 is 13.4. The maximum absolute atomic E-state index is 13.2. The lowest BCUT2D eigenvalue weighted by Crippen LogP contribution is -2.51. The van der Waals surface area contributed by atoms with Crippen LogP contribution in [-0.4, -0.2) is 53.5 Å². The van der Waals surface area contributed by atoms with E-state index in [1.807, 2.05) is 24.3 Å². The summed E-state index contributed by atoms with van der Waals surface area (Å²) in [5.74, 6) is 0.471. The average molecular weight is 441 g/mol. The normalized spacial score (nSPS) is 14.2. The van der Waals surface area contributed by atoms with Crippen LogP contribution in [0.4, 0.5) is 4.39 Å². The van der Waals surface area contributed by atoms with Crippen molar-refractivity contribution in [1.82, 2.24) is 9.80 Å². The van der Waals surface area contributed by atoms with Gasteiger partial charge < -0.3 is 9.80 Å². The van der Waals surface area contributed by atoms with Crippen molar-refractivity contribution < 1.29 is 14.0 Å². The number of nitrogens with zero attached hydrogens (tertiary/aromatic N) is 2. The van der Waals surface area contributed by atoms with Crippen LogP contribution in [0.15, 0.2) is 42.5 Å².